The molecule has 0 saturated carbocycles. The van der Waals surface area contributed by atoms with Crippen molar-refractivity contribution in [1.29, 1.82) is 0 Å². The van der Waals surface area contributed by atoms with Crippen molar-refractivity contribution in [1.82, 2.24) is 5.32 Å². The monoisotopic (exact) mass is 305 g/mol. The number of rotatable bonds is 4. The molecule has 20 heavy (non-hydrogen) atoms. The molecular formula is C16H16ClNOS. The number of nitrogens with one attached hydrogen (secondary N) is 1. The van der Waals surface area contributed by atoms with E-state index in [-0.39, 0.29) is 11.9 Å². The fourth-order valence-corrected chi connectivity index (χ4v) is 2.30. The van der Waals surface area contributed by atoms with Gasteiger partial charge in [0.2, 0.25) is 5.91 Å². The van der Waals surface area contributed by atoms with Gasteiger partial charge in [0.1, 0.15) is 0 Å². The molecule has 0 aliphatic rings. The lowest BCUT2D eigenvalue weighted by molar-refractivity contribution is -0.121. The largest absolute Gasteiger partial charge is 0.349 e. The van der Waals surface area contributed by atoms with E-state index in [0.29, 0.717) is 11.4 Å². The molecule has 4 heteroatoms. The highest BCUT2D eigenvalue weighted by Crippen LogP contribution is 2.17. The number of hydrogen-bond acceptors (Lipinski definition) is 2. The van der Waals surface area contributed by atoms with Crippen molar-refractivity contribution in [3.8, 4) is 0 Å². The van der Waals surface area contributed by atoms with Crippen LogP contribution >= 0.6 is 24.2 Å². The molecule has 0 heterocycles. The third kappa shape index (κ3) is 4.29. The molecule has 0 aromatic heterocycles. The second-order valence-corrected chi connectivity index (χ2v) is 5.64. The standard InChI is InChI=1S/C16H16ClNOS/c1-11(13-3-2-4-14(17)10-13)18-16(19)9-12-5-7-15(20)8-6-12/h2-8,10-11,20H,9H2,1H3,(H,18,19). The van der Waals surface area contributed by atoms with E-state index < -0.39 is 0 Å². The fourth-order valence-electron chi connectivity index (χ4n) is 1.95. The number of benzene rings is 2. The highest BCUT2D eigenvalue weighted by Gasteiger charge is 2.10. The molecule has 2 aromatic carbocycles. The molecule has 1 amide bonds. The first kappa shape index (κ1) is 14.9. The molecule has 2 aromatic rings. The fraction of sp³-hybridized carbons (Fsp3) is 0.188. The van der Waals surface area contributed by atoms with Crippen LogP contribution in [0.1, 0.15) is 24.1 Å². The summed E-state index contributed by atoms with van der Waals surface area (Å²) < 4.78 is 0. The van der Waals surface area contributed by atoms with Crippen LogP contribution in [0.4, 0.5) is 0 Å². The Labute approximate surface area is 129 Å². The molecule has 1 atom stereocenters. The van der Waals surface area contributed by atoms with Gasteiger partial charge in [-0.05, 0) is 42.3 Å². The minimum absolute atomic E-state index is 0.00982. The molecule has 1 N–H and O–H groups in total. The summed E-state index contributed by atoms with van der Waals surface area (Å²) in [4.78, 5) is 12.9. The number of amides is 1. The summed E-state index contributed by atoms with van der Waals surface area (Å²) >= 11 is 10.2. The first-order chi connectivity index (χ1) is 9.54. The van der Waals surface area contributed by atoms with E-state index in [1.165, 1.54) is 0 Å². The Kier molecular flexibility index (Phi) is 5.10. The van der Waals surface area contributed by atoms with Crippen molar-refractivity contribution in [2.45, 2.75) is 24.3 Å². The first-order valence-corrected chi connectivity index (χ1v) is 7.20. The number of thiol groups is 1. The molecule has 0 radical (unpaired) electrons. The average Bonchev–Trinajstić information content (AvgIpc) is 2.41. The van der Waals surface area contributed by atoms with Crippen molar-refractivity contribution in [3.05, 3.63) is 64.7 Å². The second-order valence-electron chi connectivity index (χ2n) is 4.69. The van der Waals surface area contributed by atoms with Gasteiger partial charge in [0.05, 0.1) is 12.5 Å². The quantitative estimate of drug-likeness (QED) is 0.820. The van der Waals surface area contributed by atoms with Gasteiger partial charge >= 0.3 is 0 Å². The van der Waals surface area contributed by atoms with Crippen LogP contribution in [0.25, 0.3) is 0 Å². The number of halogens is 1. The molecule has 0 fully saturated rings. The first-order valence-electron chi connectivity index (χ1n) is 6.37. The van der Waals surface area contributed by atoms with Gasteiger partial charge in [-0.2, -0.15) is 0 Å². The Morgan fingerprint density at radius 1 is 1.25 bits per heavy atom. The van der Waals surface area contributed by atoms with Gasteiger partial charge in [-0.3, -0.25) is 4.79 Å². The van der Waals surface area contributed by atoms with Gasteiger partial charge in [0.25, 0.3) is 0 Å². The zero-order valence-corrected chi connectivity index (χ0v) is 12.8. The van der Waals surface area contributed by atoms with Crippen molar-refractivity contribution in [2.24, 2.45) is 0 Å². The van der Waals surface area contributed by atoms with Gasteiger partial charge in [-0.1, -0.05) is 35.9 Å². The molecule has 0 spiro atoms. The smallest absolute Gasteiger partial charge is 0.224 e. The van der Waals surface area contributed by atoms with Crippen molar-refractivity contribution in [3.63, 3.8) is 0 Å². The summed E-state index contributed by atoms with van der Waals surface area (Å²) in [6.45, 7) is 1.94. The maximum Gasteiger partial charge on any atom is 0.224 e. The molecule has 0 aliphatic heterocycles. The van der Waals surface area contributed by atoms with Crippen LogP contribution in [0.15, 0.2) is 53.4 Å². The minimum Gasteiger partial charge on any atom is -0.349 e. The number of hydrogen-bond donors (Lipinski definition) is 2. The van der Waals surface area contributed by atoms with Gasteiger partial charge in [0.15, 0.2) is 0 Å². The Balaban J connectivity index is 1.95. The van der Waals surface area contributed by atoms with Crippen LogP contribution in [0.2, 0.25) is 5.02 Å². The van der Waals surface area contributed by atoms with E-state index in [2.05, 4.69) is 17.9 Å². The summed E-state index contributed by atoms with van der Waals surface area (Å²) in [5.74, 6) is -0.00982. The zero-order chi connectivity index (χ0) is 14.5. The van der Waals surface area contributed by atoms with E-state index >= 15 is 0 Å². The van der Waals surface area contributed by atoms with Crippen LogP contribution < -0.4 is 5.32 Å². The molecule has 104 valence electrons. The van der Waals surface area contributed by atoms with Crippen LogP contribution in [0, 0.1) is 0 Å². The lowest BCUT2D eigenvalue weighted by Gasteiger charge is -2.14. The third-order valence-corrected chi connectivity index (χ3v) is 3.56. The van der Waals surface area contributed by atoms with E-state index in [1.54, 1.807) is 0 Å². The number of carbonyl (C=O) groups is 1. The Morgan fingerprint density at radius 2 is 1.95 bits per heavy atom. The van der Waals surface area contributed by atoms with Crippen LogP contribution in [0.3, 0.4) is 0 Å². The van der Waals surface area contributed by atoms with Crippen molar-refractivity contribution >= 4 is 30.1 Å². The highest BCUT2D eigenvalue weighted by molar-refractivity contribution is 7.80. The SMILES string of the molecule is CC(NC(=O)Cc1ccc(S)cc1)c1cccc(Cl)c1. The van der Waals surface area contributed by atoms with Gasteiger partial charge < -0.3 is 5.32 Å². The maximum atomic E-state index is 12.0. The van der Waals surface area contributed by atoms with E-state index in [4.69, 9.17) is 11.6 Å². The predicted octanol–water partition coefficient (Wildman–Crippen LogP) is 4.05. The van der Waals surface area contributed by atoms with E-state index in [9.17, 15) is 4.79 Å². The Bertz CT molecular complexity index is 598. The normalized spacial score (nSPS) is 11.9. The molecule has 1 unspecified atom stereocenters. The maximum absolute atomic E-state index is 12.0. The lowest BCUT2D eigenvalue weighted by Crippen LogP contribution is -2.28. The van der Waals surface area contributed by atoms with E-state index in [1.807, 2.05) is 55.5 Å². The van der Waals surface area contributed by atoms with Gasteiger partial charge in [-0.25, -0.2) is 0 Å². The van der Waals surface area contributed by atoms with Crippen LogP contribution in [-0.2, 0) is 11.2 Å². The summed E-state index contributed by atoms with van der Waals surface area (Å²) in [5.41, 5.74) is 1.97. The summed E-state index contributed by atoms with van der Waals surface area (Å²) in [6.07, 6.45) is 0.360. The van der Waals surface area contributed by atoms with Crippen LogP contribution in [0.5, 0.6) is 0 Å². The molecule has 0 aliphatic carbocycles. The topological polar surface area (TPSA) is 29.1 Å². The minimum atomic E-state index is -0.0645. The molecular weight excluding hydrogens is 290 g/mol. The van der Waals surface area contributed by atoms with Crippen molar-refractivity contribution < 1.29 is 4.79 Å². The predicted molar refractivity (Wildman–Crippen MR) is 85.4 cm³/mol. The molecule has 2 rings (SSSR count). The van der Waals surface area contributed by atoms with Gasteiger partial charge in [-0.15, -0.1) is 12.6 Å². The second kappa shape index (κ2) is 6.82. The summed E-state index contributed by atoms with van der Waals surface area (Å²) in [7, 11) is 0. The molecule has 0 saturated heterocycles. The van der Waals surface area contributed by atoms with Crippen molar-refractivity contribution in [2.75, 3.05) is 0 Å². The van der Waals surface area contributed by atoms with Crippen LogP contribution in [-0.4, -0.2) is 5.91 Å². The summed E-state index contributed by atoms with van der Waals surface area (Å²) in [5, 5.41) is 3.64. The highest BCUT2D eigenvalue weighted by atomic mass is 35.5. The lowest BCUT2D eigenvalue weighted by atomic mass is 10.1. The molecule has 0 bridgehead atoms. The third-order valence-electron chi connectivity index (χ3n) is 3.03. The number of carbonyl (C=O) groups excluding carboxylic acids is 1. The van der Waals surface area contributed by atoms with Gasteiger partial charge in [0, 0.05) is 9.92 Å². The Morgan fingerprint density at radius 3 is 2.60 bits per heavy atom. The Hall–Kier alpha value is -1.45. The van der Waals surface area contributed by atoms with E-state index in [0.717, 1.165) is 16.0 Å². The summed E-state index contributed by atoms with van der Waals surface area (Å²) in [6, 6.07) is 15.0. The zero-order valence-electron chi connectivity index (χ0n) is 11.1. The molecule has 2 nitrogen and oxygen atoms in total. The average molecular weight is 306 g/mol.